The number of hydrogen-bond donors (Lipinski definition) is 0. The molecule has 0 bridgehead atoms. The molecule has 1 saturated carbocycles. The van der Waals surface area contributed by atoms with E-state index in [4.69, 9.17) is 0 Å². The molecular weight excluding hydrogens is 230 g/mol. The molecule has 0 unspecified atom stereocenters. The predicted octanol–water partition coefficient (Wildman–Crippen LogP) is 1.16. The van der Waals surface area contributed by atoms with Crippen molar-refractivity contribution in [1.29, 1.82) is 0 Å². The Morgan fingerprint density at radius 2 is 1.89 bits per heavy atom. The molecular formula is C14H17NO3. The molecule has 0 spiro atoms. The number of likely N-dealkylation sites (tertiary alicyclic amines) is 1. The Hall–Kier alpha value is -1.45. The van der Waals surface area contributed by atoms with Crippen molar-refractivity contribution in [2.45, 2.75) is 26.7 Å². The summed E-state index contributed by atoms with van der Waals surface area (Å²) < 4.78 is 0. The summed E-state index contributed by atoms with van der Waals surface area (Å²) in [4.78, 5) is 37.2. The molecule has 3 rings (SSSR count). The van der Waals surface area contributed by atoms with Gasteiger partial charge in [0.2, 0.25) is 11.8 Å². The lowest BCUT2D eigenvalue weighted by atomic mass is 9.70. The van der Waals surface area contributed by atoms with Gasteiger partial charge in [0.05, 0.1) is 11.8 Å². The van der Waals surface area contributed by atoms with Crippen LogP contribution < -0.4 is 0 Å². The van der Waals surface area contributed by atoms with Crippen LogP contribution in [0, 0.1) is 23.2 Å². The van der Waals surface area contributed by atoms with E-state index >= 15 is 0 Å². The van der Waals surface area contributed by atoms with Crippen molar-refractivity contribution in [3.63, 3.8) is 0 Å². The van der Waals surface area contributed by atoms with Gasteiger partial charge in [0.15, 0.2) is 5.78 Å². The zero-order valence-electron chi connectivity index (χ0n) is 10.9. The van der Waals surface area contributed by atoms with E-state index in [2.05, 4.69) is 13.8 Å². The molecule has 1 aliphatic heterocycles. The monoisotopic (exact) mass is 247 g/mol. The molecule has 2 amide bonds. The molecule has 0 N–H and O–H groups in total. The number of carbonyl (C=O) groups excluding carboxylic acids is 3. The van der Waals surface area contributed by atoms with Gasteiger partial charge in [-0.1, -0.05) is 19.9 Å². The number of rotatable bonds is 0. The van der Waals surface area contributed by atoms with Crippen LogP contribution in [-0.4, -0.2) is 29.5 Å². The normalized spacial score (nSPS) is 37.7. The van der Waals surface area contributed by atoms with Crippen LogP contribution in [0.25, 0.3) is 0 Å². The van der Waals surface area contributed by atoms with Gasteiger partial charge in [-0.15, -0.1) is 0 Å². The molecule has 3 atom stereocenters. The molecule has 4 heteroatoms. The van der Waals surface area contributed by atoms with Gasteiger partial charge in [-0.25, -0.2) is 0 Å². The van der Waals surface area contributed by atoms with E-state index in [9.17, 15) is 14.4 Å². The molecule has 0 aromatic carbocycles. The van der Waals surface area contributed by atoms with E-state index in [0.29, 0.717) is 12.8 Å². The van der Waals surface area contributed by atoms with Crippen LogP contribution in [0.5, 0.6) is 0 Å². The van der Waals surface area contributed by atoms with Crippen molar-refractivity contribution in [1.82, 2.24) is 4.90 Å². The lowest BCUT2D eigenvalue weighted by Crippen LogP contribution is -2.30. The second-order valence-corrected chi connectivity index (χ2v) is 6.37. The van der Waals surface area contributed by atoms with Gasteiger partial charge in [0.25, 0.3) is 0 Å². The fourth-order valence-corrected chi connectivity index (χ4v) is 3.70. The third-order valence-corrected chi connectivity index (χ3v) is 4.80. The number of hydrogen-bond acceptors (Lipinski definition) is 3. The van der Waals surface area contributed by atoms with Crippen LogP contribution in [0.15, 0.2) is 11.6 Å². The third-order valence-electron chi connectivity index (χ3n) is 4.80. The second-order valence-electron chi connectivity index (χ2n) is 6.37. The average molecular weight is 247 g/mol. The summed E-state index contributed by atoms with van der Waals surface area (Å²) in [6, 6.07) is 0. The van der Waals surface area contributed by atoms with Gasteiger partial charge in [0, 0.05) is 13.5 Å². The Labute approximate surface area is 106 Å². The zero-order valence-corrected chi connectivity index (χ0v) is 10.9. The van der Waals surface area contributed by atoms with Crippen LogP contribution in [-0.2, 0) is 14.4 Å². The highest BCUT2D eigenvalue weighted by Crippen LogP contribution is 2.52. The molecule has 0 aromatic heterocycles. The van der Waals surface area contributed by atoms with Crippen LogP contribution >= 0.6 is 0 Å². The first-order chi connectivity index (χ1) is 8.33. The minimum atomic E-state index is -0.397. The van der Waals surface area contributed by atoms with Gasteiger partial charge in [-0.05, 0) is 23.3 Å². The minimum Gasteiger partial charge on any atom is -0.295 e. The van der Waals surface area contributed by atoms with Crippen molar-refractivity contribution in [3.05, 3.63) is 11.6 Å². The smallest absolute Gasteiger partial charge is 0.236 e. The Morgan fingerprint density at radius 1 is 1.22 bits per heavy atom. The highest BCUT2D eigenvalue weighted by Gasteiger charge is 2.54. The SMILES string of the molecule is CN1C(=O)[C@H]2C=C3C(=O)CC(C)(C)[C@H]3C[C@H]2C1=O. The van der Waals surface area contributed by atoms with Gasteiger partial charge >= 0.3 is 0 Å². The van der Waals surface area contributed by atoms with Crippen molar-refractivity contribution in [2.24, 2.45) is 23.2 Å². The van der Waals surface area contributed by atoms with E-state index < -0.39 is 5.92 Å². The highest BCUT2D eigenvalue weighted by molar-refractivity contribution is 6.08. The Balaban J connectivity index is 2.05. The minimum absolute atomic E-state index is 0.0849. The summed E-state index contributed by atoms with van der Waals surface area (Å²) >= 11 is 0. The number of fused-ring (bicyclic) bond motifs is 2. The van der Waals surface area contributed by atoms with Crippen LogP contribution in [0.1, 0.15) is 26.7 Å². The fraction of sp³-hybridized carbons (Fsp3) is 0.643. The van der Waals surface area contributed by atoms with Crippen LogP contribution in [0.4, 0.5) is 0 Å². The van der Waals surface area contributed by atoms with Gasteiger partial charge in [-0.3, -0.25) is 19.3 Å². The summed E-state index contributed by atoms with van der Waals surface area (Å²) in [5.74, 6) is -0.607. The number of ketones is 1. The molecule has 2 aliphatic carbocycles. The second kappa shape index (κ2) is 3.31. The Morgan fingerprint density at radius 3 is 2.56 bits per heavy atom. The molecule has 18 heavy (non-hydrogen) atoms. The molecule has 0 radical (unpaired) electrons. The largest absolute Gasteiger partial charge is 0.295 e. The first-order valence-corrected chi connectivity index (χ1v) is 6.39. The zero-order chi connectivity index (χ0) is 13.2. The summed E-state index contributed by atoms with van der Waals surface area (Å²) in [6.07, 6.45) is 2.95. The Bertz CT molecular complexity index is 503. The molecule has 1 saturated heterocycles. The van der Waals surface area contributed by atoms with Crippen molar-refractivity contribution in [3.8, 4) is 0 Å². The first-order valence-electron chi connectivity index (χ1n) is 6.39. The quantitative estimate of drug-likeness (QED) is 0.604. The van der Waals surface area contributed by atoms with Crippen LogP contribution in [0.2, 0.25) is 0 Å². The number of allylic oxidation sites excluding steroid dienone is 1. The summed E-state index contributed by atoms with van der Waals surface area (Å²) in [5.41, 5.74) is 0.705. The number of amides is 2. The molecule has 96 valence electrons. The van der Waals surface area contributed by atoms with E-state index in [1.54, 1.807) is 6.08 Å². The maximum atomic E-state index is 12.0. The lowest BCUT2D eigenvalue weighted by molar-refractivity contribution is -0.138. The van der Waals surface area contributed by atoms with Crippen LogP contribution in [0.3, 0.4) is 0 Å². The number of imide groups is 1. The number of nitrogens with zero attached hydrogens (tertiary/aromatic N) is 1. The first kappa shape index (κ1) is 11.6. The van der Waals surface area contributed by atoms with Gasteiger partial charge in [0.1, 0.15) is 0 Å². The lowest BCUT2D eigenvalue weighted by Gasteiger charge is -2.32. The van der Waals surface area contributed by atoms with Gasteiger partial charge < -0.3 is 0 Å². The number of carbonyl (C=O) groups is 3. The van der Waals surface area contributed by atoms with Crippen molar-refractivity contribution in [2.75, 3.05) is 7.05 Å². The van der Waals surface area contributed by atoms with Gasteiger partial charge in [-0.2, -0.15) is 0 Å². The standard InChI is InChI=1S/C14H17NO3/c1-14(2)6-11(16)9-4-7-8(5-10(9)14)13(18)15(3)12(7)17/h4,7-8,10H,5-6H2,1-3H3/t7-,8+,10-/m0/s1. The Kier molecular flexibility index (Phi) is 2.14. The molecule has 4 nitrogen and oxygen atoms in total. The molecule has 0 aromatic rings. The summed E-state index contributed by atoms with van der Waals surface area (Å²) in [7, 11) is 1.53. The van der Waals surface area contributed by atoms with E-state index in [1.807, 2.05) is 0 Å². The third kappa shape index (κ3) is 1.29. The summed E-state index contributed by atoms with van der Waals surface area (Å²) in [6.45, 7) is 4.14. The average Bonchev–Trinajstić information content (AvgIpc) is 2.66. The molecule has 2 fully saturated rings. The summed E-state index contributed by atoms with van der Waals surface area (Å²) in [5, 5.41) is 0. The molecule has 1 heterocycles. The maximum Gasteiger partial charge on any atom is 0.236 e. The van der Waals surface area contributed by atoms with E-state index in [0.717, 1.165) is 5.57 Å². The number of Topliss-reactive ketones (excluding diaryl/α,β-unsaturated/α-hetero) is 1. The topological polar surface area (TPSA) is 54.5 Å². The molecule has 3 aliphatic rings. The highest BCUT2D eigenvalue weighted by atomic mass is 16.2. The van der Waals surface area contributed by atoms with Crippen molar-refractivity contribution >= 4 is 17.6 Å². The van der Waals surface area contributed by atoms with Crippen molar-refractivity contribution < 1.29 is 14.4 Å². The maximum absolute atomic E-state index is 12.0. The van der Waals surface area contributed by atoms with E-state index in [1.165, 1.54) is 11.9 Å². The fourth-order valence-electron chi connectivity index (χ4n) is 3.70. The predicted molar refractivity (Wildman–Crippen MR) is 64.4 cm³/mol. The van der Waals surface area contributed by atoms with E-state index in [-0.39, 0.29) is 34.8 Å².